The Morgan fingerprint density at radius 3 is 2.54 bits per heavy atom. The molecule has 0 aromatic rings. The summed E-state index contributed by atoms with van der Waals surface area (Å²) in [5.41, 5.74) is 0. The highest BCUT2D eigenvalue weighted by Gasteiger charge is 2.21. The Bertz CT molecular complexity index is 135. The van der Waals surface area contributed by atoms with E-state index in [1.54, 1.807) is 0 Å². The van der Waals surface area contributed by atoms with E-state index in [1.807, 2.05) is 23.5 Å². The van der Waals surface area contributed by atoms with Gasteiger partial charge in [0.15, 0.2) is 0 Å². The fraction of sp³-hybridized carbons (Fsp3) is 1.00. The van der Waals surface area contributed by atoms with Gasteiger partial charge in [-0.2, -0.15) is 0 Å². The van der Waals surface area contributed by atoms with Gasteiger partial charge in [-0.15, -0.1) is 23.5 Å². The van der Waals surface area contributed by atoms with Crippen LogP contribution in [0.3, 0.4) is 0 Å². The Kier molecular flexibility index (Phi) is 5.60. The van der Waals surface area contributed by atoms with Gasteiger partial charge in [0.1, 0.15) is 0 Å². The molecule has 1 aliphatic heterocycles. The van der Waals surface area contributed by atoms with Crippen LogP contribution in [0.4, 0.5) is 0 Å². The second-order valence-corrected chi connectivity index (χ2v) is 6.63. The molecule has 1 saturated heterocycles. The van der Waals surface area contributed by atoms with E-state index >= 15 is 0 Å². The van der Waals surface area contributed by atoms with Crippen molar-refractivity contribution in [3.63, 3.8) is 0 Å². The number of aliphatic hydroxyl groups is 1. The maximum absolute atomic E-state index is 9.84. The van der Waals surface area contributed by atoms with Crippen LogP contribution in [0.15, 0.2) is 0 Å². The van der Waals surface area contributed by atoms with Crippen LogP contribution < -0.4 is 0 Å². The number of thioether (sulfide) groups is 2. The zero-order valence-corrected chi connectivity index (χ0v) is 10.2. The Morgan fingerprint density at radius 2 is 2.00 bits per heavy atom. The quantitative estimate of drug-likeness (QED) is 0.786. The highest BCUT2D eigenvalue weighted by atomic mass is 32.2. The maximum Gasteiger partial charge on any atom is 0.0584 e. The minimum absolute atomic E-state index is 0.0897. The molecule has 0 unspecified atom stereocenters. The predicted octanol–water partition coefficient (Wildman–Crippen LogP) is 2.98. The summed E-state index contributed by atoms with van der Waals surface area (Å²) < 4.78 is 0.651. The van der Waals surface area contributed by atoms with Gasteiger partial charge in [-0.25, -0.2) is 0 Å². The average molecular weight is 220 g/mol. The Hall–Kier alpha value is 0.660. The minimum Gasteiger partial charge on any atom is -0.393 e. The molecule has 0 saturated carbocycles. The van der Waals surface area contributed by atoms with Crippen LogP contribution in [0.5, 0.6) is 0 Å². The Morgan fingerprint density at radius 1 is 1.38 bits per heavy atom. The second kappa shape index (κ2) is 6.20. The van der Waals surface area contributed by atoms with Gasteiger partial charge in [0, 0.05) is 0 Å². The van der Waals surface area contributed by atoms with E-state index in [-0.39, 0.29) is 6.10 Å². The van der Waals surface area contributed by atoms with E-state index in [0.717, 1.165) is 12.8 Å². The molecule has 1 heterocycles. The van der Waals surface area contributed by atoms with Gasteiger partial charge in [-0.1, -0.05) is 20.3 Å². The summed E-state index contributed by atoms with van der Waals surface area (Å²) in [6.07, 6.45) is 3.31. The van der Waals surface area contributed by atoms with Crippen molar-refractivity contribution in [1.29, 1.82) is 0 Å². The van der Waals surface area contributed by atoms with Crippen molar-refractivity contribution in [1.82, 2.24) is 0 Å². The molecule has 0 spiro atoms. The zero-order valence-electron chi connectivity index (χ0n) is 8.53. The Balaban J connectivity index is 2.21. The number of aliphatic hydroxyl groups excluding tert-OH is 1. The lowest BCUT2D eigenvalue weighted by atomic mass is 10.0. The SMILES string of the molecule is CC[C@H](C)[C@H](O)CC1SCCCS1. The fourth-order valence-electron chi connectivity index (χ4n) is 1.37. The molecule has 0 aliphatic carbocycles. The van der Waals surface area contributed by atoms with Crippen LogP contribution in [0.2, 0.25) is 0 Å². The minimum atomic E-state index is -0.0897. The third kappa shape index (κ3) is 4.13. The molecule has 1 nitrogen and oxygen atoms in total. The van der Waals surface area contributed by atoms with Crippen molar-refractivity contribution in [3.8, 4) is 0 Å². The lowest BCUT2D eigenvalue weighted by molar-refractivity contribution is 0.110. The molecule has 0 amide bonds. The number of hydrogen-bond acceptors (Lipinski definition) is 3. The van der Waals surface area contributed by atoms with Crippen molar-refractivity contribution in [2.45, 2.75) is 43.8 Å². The summed E-state index contributed by atoms with van der Waals surface area (Å²) in [5.74, 6) is 3.03. The van der Waals surface area contributed by atoms with E-state index in [2.05, 4.69) is 13.8 Å². The normalized spacial score (nSPS) is 24.2. The first-order valence-electron chi connectivity index (χ1n) is 5.15. The molecule has 78 valence electrons. The van der Waals surface area contributed by atoms with Crippen LogP contribution >= 0.6 is 23.5 Å². The monoisotopic (exact) mass is 220 g/mol. The van der Waals surface area contributed by atoms with E-state index in [1.165, 1.54) is 17.9 Å². The van der Waals surface area contributed by atoms with Crippen LogP contribution in [-0.2, 0) is 0 Å². The third-order valence-corrected chi connectivity index (χ3v) is 5.62. The molecule has 13 heavy (non-hydrogen) atoms. The maximum atomic E-state index is 9.84. The molecule has 1 N–H and O–H groups in total. The van der Waals surface area contributed by atoms with E-state index in [0.29, 0.717) is 10.5 Å². The molecule has 0 radical (unpaired) electrons. The van der Waals surface area contributed by atoms with E-state index in [9.17, 15) is 5.11 Å². The van der Waals surface area contributed by atoms with E-state index < -0.39 is 0 Å². The van der Waals surface area contributed by atoms with Crippen molar-refractivity contribution in [3.05, 3.63) is 0 Å². The fourth-order valence-corrected chi connectivity index (χ4v) is 4.33. The lowest BCUT2D eigenvalue weighted by Gasteiger charge is -2.25. The van der Waals surface area contributed by atoms with Gasteiger partial charge in [0.05, 0.1) is 10.7 Å². The van der Waals surface area contributed by atoms with E-state index in [4.69, 9.17) is 0 Å². The highest BCUT2D eigenvalue weighted by Crippen LogP contribution is 2.34. The summed E-state index contributed by atoms with van der Waals surface area (Å²) in [7, 11) is 0. The molecular weight excluding hydrogens is 200 g/mol. The molecule has 0 aromatic heterocycles. The van der Waals surface area contributed by atoms with Crippen LogP contribution in [-0.4, -0.2) is 27.3 Å². The third-order valence-electron chi connectivity index (χ3n) is 2.63. The average Bonchev–Trinajstić information content (AvgIpc) is 2.18. The first kappa shape index (κ1) is 11.7. The summed E-state index contributed by atoms with van der Waals surface area (Å²) in [4.78, 5) is 0. The van der Waals surface area contributed by atoms with Crippen LogP contribution in [0.25, 0.3) is 0 Å². The molecule has 1 fully saturated rings. The van der Waals surface area contributed by atoms with Crippen LogP contribution in [0.1, 0.15) is 33.1 Å². The summed E-state index contributed by atoms with van der Waals surface area (Å²) >= 11 is 4.04. The summed E-state index contributed by atoms with van der Waals surface area (Å²) in [5, 5.41) is 9.84. The highest BCUT2D eigenvalue weighted by molar-refractivity contribution is 8.17. The van der Waals surface area contributed by atoms with Crippen molar-refractivity contribution in [2.75, 3.05) is 11.5 Å². The van der Waals surface area contributed by atoms with Gasteiger partial charge in [0.2, 0.25) is 0 Å². The largest absolute Gasteiger partial charge is 0.393 e. The molecule has 0 aromatic carbocycles. The first-order chi connectivity index (χ1) is 6.24. The Labute approximate surface area is 90.1 Å². The van der Waals surface area contributed by atoms with Gasteiger partial charge in [-0.3, -0.25) is 0 Å². The number of hydrogen-bond donors (Lipinski definition) is 1. The molecule has 2 atom stereocenters. The summed E-state index contributed by atoms with van der Waals surface area (Å²) in [6.45, 7) is 4.29. The first-order valence-corrected chi connectivity index (χ1v) is 7.25. The van der Waals surface area contributed by atoms with Gasteiger partial charge in [-0.05, 0) is 30.3 Å². The topological polar surface area (TPSA) is 20.2 Å². The van der Waals surface area contributed by atoms with Crippen LogP contribution in [0, 0.1) is 5.92 Å². The predicted molar refractivity (Wildman–Crippen MR) is 63.4 cm³/mol. The zero-order chi connectivity index (χ0) is 9.68. The van der Waals surface area contributed by atoms with Gasteiger partial charge in [0.25, 0.3) is 0 Å². The molecule has 1 rings (SSSR count). The van der Waals surface area contributed by atoms with Crippen molar-refractivity contribution < 1.29 is 5.11 Å². The summed E-state index contributed by atoms with van der Waals surface area (Å²) in [6, 6.07) is 0. The van der Waals surface area contributed by atoms with Crippen molar-refractivity contribution >= 4 is 23.5 Å². The second-order valence-electron chi connectivity index (χ2n) is 3.71. The smallest absolute Gasteiger partial charge is 0.0584 e. The van der Waals surface area contributed by atoms with Crippen molar-refractivity contribution in [2.24, 2.45) is 5.92 Å². The van der Waals surface area contributed by atoms with Gasteiger partial charge < -0.3 is 5.11 Å². The molecule has 1 aliphatic rings. The number of rotatable bonds is 4. The molecule has 0 bridgehead atoms. The molecular formula is C10H20OS2. The lowest BCUT2D eigenvalue weighted by Crippen LogP contribution is -2.22. The molecule has 3 heteroatoms. The standard InChI is InChI=1S/C10H20OS2/c1-3-8(2)9(11)7-10-12-5-4-6-13-10/h8-11H,3-7H2,1-2H3/t8-,9+/m0/s1. The van der Waals surface area contributed by atoms with Gasteiger partial charge >= 0.3 is 0 Å².